The van der Waals surface area contributed by atoms with Crippen LogP contribution in [0.4, 0.5) is 5.69 Å². The van der Waals surface area contributed by atoms with Gasteiger partial charge in [-0.05, 0) is 59.8 Å². The van der Waals surface area contributed by atoms with Gasteiger partial charge in [-0.15, -0.1) is 0 Å². The zero-order valence-corrected chi connectivity index (χ0v) is 13.5. The predicted octanol–water partition coefficient (Wildman–Crippen LogP) is 2.99. The molecule has 1 aromatic rings. The van der Waals surface area contributed by atoms with Crippen LogP contribution < -0.4 is 4.72 Å². The zero-order valence-electron chi connectivity index (χ0n) is 11.1. The maximum Gasteiger partial charge on any atom is 0.235 e. The van der Waals surface area contributed by atoms with Crippen molar-refractivity contribution in [3.8, 4) is 0 Å². The second-order valence-electron chi connectivity index (χ2n) is 4.96. The number of ether oxygens (including phenoxy) is 1. The first-order valence-corrected chi connectivity index (χ1v) is 8.71. The van der Waals surface area contributed by atoms with Gasteiger partial charge in [0, 0.05) is 11.1 Å². The van der Waals surface area contributed by atoms with E-state index in [0.717, 1.165) is 28.4 Å². The second kappa shape index (κ2) is 5.81. The fraction of sp³-hybridized carbons (Fsp3) is 0.538. The van der Waals surface area contributed by atoms with Gasteiger partial charge in [-0.3, -0.25) is 4.72 Å². The molecule has 1 fully saturated rings. The number of sulfonamides is 1. The van der Waals surface area contributed by atoms with Crippen LogP contribution in [-0.2, 0) is 14.8 Å². The van der Waals surface area contributed by atoms with Crippen LogP contribution in [-0.4, -0.2) is 26.9 Å². The first-order chi connectivity index (χ1) is 8.87. The highest BCUT2D eigenvalue weighted by Gasteiger charge is 2.24. The van der Waals surface area contributed by atoms with E-state index in [4.69, 9.17) is 4.74 Å². The highest BCUT2D eigenvalue weighted by molar-refractivity contribution is 9.10. The van der Waals surface area contributed by atoms with Crippen molar-refractivity contribution in [1.82, 2.24) is 0 Å². The Balaban J connectivity index is 2.15. The topological polar surface area (TPSA) is 55.4 Å². The Kier molecular flexibility index (Phi) is 4.53. The quantitative estimate of drug-likeness (QED) is 0.910. The summed E-state index contributed by atoms with van der Waals surface area (Å²) in [4.78, 5) is 0. The van der Waals surface area contributed by atoms with Crippen LogP contribution in [0, 0.1) is 13.8 Å². The average molecular weight is 348 g/mol. The number of nitrogens with one attached hydrogen (secondary N) is 1. The van der Waals surface area contributed by atoms with E-state index in [0.29, 0.717) is 12.3 Å². The van der Waals surface area contributed by atoms with Gasteiger partial charge in [-0.25, -0.2) is 8.42 Å². The van der Waals surface area contributed by atoms with E-state index in [1.165, 1.54) is 0 Å². The summed E-state index contributed by atoms with van der Waals surface area (Å²) in [6.07, 6.45) is 1.57. The van der Waals surface area contributed by atoms with Crippen molar-refractivity contribution in [2.24, 2.45) is 0 Å². The van der Waals surface area contributed by atoms with E-state index in [1.807, 2.05) is 26.0 Å². The Morgan fingerprint density at radius 2 is 2.16 bits per heavy atom. The molecule has 19 heavy (non-hydrogen) atoms. The maximum atomic E-state index is 12.1. The van der Waals surface area contributed by atoms with E-state index >= 15 is 0 Å². The molecular weight excluding hydrogens is 330 g/mol. The number of rotatable bonds is 4. The van der Waals surface area contributed by atoms with Crippen molar-refractivity contribution in [2.75, 3.05) is 17.1 Å². The van der Waals surface area contributed by atoms with E-state index < -0.39 is 10.0 Å². The molecule has 6 heteroatoms. The lowest BCUT2D eigenvalue weighted by Crippen LogP contribution is -2.26. The van der Waals surface area contributed by atoms with Crippen LogP contribution in [0.15, 0.2) is 16.6 Å². The van der Waals surface area contributed by atoms with Crippen molar-refractivity contribution < 1.29 is 13.2 Å². The molecule has 0 spiro atoms. The minimum Gasteiger partial charge on any atom is -0.377 e. The molecule has 2 rings (SSSR count). The minimum atomic E-state index is -3.38. The van der Waals surface area contributed by atoms with Crippen molar-refractivity contribution >= 4 is 31.6 Å². The van der Waals surface area contributed by atoms with Gasteiger partial charge in [0.2, 0.25) is 10.0 Å². The smallest absolute Gasteiger partial charge is 0.235 e. The first kappa shape index (κ1) is 14.8. The molecule has 106 valence electrons. The number of benzene rings is 1. The van der Waals surface area contributed by atoms with Crippen molar-refractivity contribution in [3.05, 3.63) is 27.7 Å². The molecule has 1 aromatic carbocycles. The van der Waals surface area contributed by atoms with Crippen LogP contribution in [0.2, 0.25) is 0 Å². The van der Waals surface area contributed by atoms with Crippen LogP contribution in [0.25, 0.3) is 0 Å². The van der Waals surface area contributed by atoms with Crippen molar-refractivity contribution in [1.29, 1.82) is 0 Å². The predicted molar refractivity (Wildman–Crippen MR) is 80.0 cm³/mol. The molecule has 1 atom stereocenters. The standard InChI is InChI=1S/C13H18BrNO3S/c1-9-6-10(2)13(12(14)7-9)15-19(16,17)8-11-4-3-5-18-11/h6-7,11,15H,3-5,8H2,1-2H3. The molecule has 1 N–H and O–H groups in total. The van der Waals surface area contributed by atoms with Gasteiger partial charge in [-0.1, -0.05) is 6.07 Å². The van der Waals surface area contributed by atoms with Crippen LogP contribution in [0.5, 0.6) is 0 Å². The van der Waals surface area contributed by atoms with Gasteiger partial charge in [0.1, 0.15) is 0 Å². The van der Waals surface area contributed by atoms with Gasteiger partial charge in [0.05, 0.1) is 17.5 Å². The summed E-state index contributed by atoms with van der Waals surface area (Å²) in [5.74, 6) is 0.0206. The Morgan fingerprint density at radius 1 is 1.42 bits per heavy atom. The Bertz CT molecular complexity index is 542. The Morgan fingerprint density at radius 3 is 2.74 bits per heavy atom. The molecule has 0 aromatic heterocycles. The molecule has 0 aliphatic carbocycles. The molecule has 1 aliphatic rings. The highest BCUT2D eigenvalue weighted by atomic mass is 79.9. The lowest BCUT2D eigenvalue weighted by Gasteiger charge is -2.15. The average Bonchev–Trinajstić information content (AvgIpc) is 2.75. The fourth-order valence-electron chi connectivity index (χ4n) is 2.26. The van der Waals surface area contributed by atoms with Gasteiger partial charge in [0.15, 0.2) is 0 Å². The molecule has 1 aliphatic heterocycles. The highest BCUT2D eigenvalue weighted by Crippen LogP contribution is 2.29. The maximum absolute atomic E-state index is 12.1. The van der Waals surface area contributed by atoms with Gasteiger partial charge in [0.25, 0.3) is 0 Å². The second-order valence-corrected chi connectivity index (χ2v) is 7.58. The molecule has 0 amide bonds. The minimum absolute atomic E-state index is 0.0206. The molecule has 1 saturated heterocycles. The Hall–Kier alpha value is -0.590. The van der Waals surface area contributed by atoms with Crippen molar-refractivity contribution in [2.45, 2.75) is 32.8 Å². The Labute approximate surface area is 122 Å². The summed E-state index contributed by atoms with van der Waals surface area (Å²) in [6, 6.07) is 3.85. The van der Waals surface area contributed by atoms with E-state index in [2.05, 4.69) is 20.7 Å². The zero-order chi connectivity index (χ0) is 14.0. The summed E-state index contributed by atoms with van der Waals surface area (Å²) in [5.41, 5.74) is 2.61. The fourth-order valence-corrected chi connectivity index (χ4v) is 4.58. The third-order valence-electron chi connectivity index (χ3n) is 3.12. The molecular formula is C13H18BrNO3S. The van der Waals surface area contributed by atoms with Gasteiger partial charge in [-0.2, -0.15) is 0 Å². The largest absolute Gasteiger partial charge is 0.377 e. The lowest BCUT2D eigenvalue weighted by molar-refractivity contribution is 0.127. The summed E-state index contributed by atoms with van der Waals surface area (Å²) in [6.45, 7) is 4.53. The lowest BCUT2D eigenvalue weighted by atomic mass is 10.1. The van der Waals surface area contributed by atoms with Crippen LogP contribution in [0.1, 0.15) is 24.0 Å². The monoisotopic (exact) mass is 347 g/mol. The number of anilines is 1. The SMILES string of the molecule is Cc1cc(C)c(NS(=O)(=O)CC2CCCO2)c(Br)c1. The van der Waals surface area contributed by atoms with E-state index in [9.17, 15) is 8.42 Å². The molecule has 4 nitrogen and oxygen atoms in total. The molecule has 1 unspecified atom stereocenters. The molecule has 0 saturated carbocycles. The van der Waals surface area contributed by atoms with E-state index in [1.54, 1.807) is 0 Å². The third-order valence-corrected chi connectivity index (χ3v) is 5.07. The van der Waals surface area contributed by atoms with Gasteiger partial charge < -0.3 is 4.74 Å². The molecule has 0 bridgehead atoms. The normalized spacial score (nSPS) is 19.6. The molecule has 1 heterocycles. The summed E-state index contributed by atoms with van der Waals surface area (Å²) in [5, 5.41) is 0. The van der Waals surface area contributed by atoms with Crippen LogP contribution in [0.3, 0.4) is 0 Å². The first-order valence-electron chi connectivity index (χ1n) is 6.26. The number of aryl methyl sites for hydroxylation is 2. The third kappa shape index (κ3) is 3.94. The number of hydrogen-bond acceptors (Lipinski definition) is 3. The summed E-state index contributed by atoms with van der Waals surface area (Å²) >= 11 is 3.41. The number of halogens is 1. The molecule has 0 radical (unpaired) electrons. The van der Waals surface area contributed by atoms with Crippen molar-refractivity contribution in [3.63, 3.8) is 0 Å². The van der Waals surface area contributed by atoms with Gasteiger partial charge >= 0.3 is 0 Å². The van der Waals surface area contributed by atoms with Crippen LogP contribution >= 0.6 is 15.9 Å². The number of hydrogen-bond donors (Lipinski definition) is 1. The van der Waals surface area contributed by atoms with E-state index in [-0.39, 0.29) is 11.9 Å². The summed E-state index contributed by atoms with van der Waals surface area (Å²) < 4.78 is 33.1. The summed E-state index contributed by atoms with van der Waals surface area (Å²) in [7, 11) is -3.38.